The third kappa shape index (κ3) is 1.85. The molecule has 88 valence electrons. The van der Waals surface area contributed by atoms with E-state index in [0.717, 1.165) is 17.1 Å². The summed E-state index contributed by atoms with van der Waals surface area (Å²) in [6.07, 6.45) is 2.44. The van der Waals surface area contributed by atoms with Crippen LogP contribution in [-0.2, 0) is 6.54 Å². The second-order valence-electron chi connectivity index (χ2n) is 4.65. The van der Waals surface area contributed by atoms with Crippen LogP contribution < -0.4 is 5.73 Å². The maximum atomic E-state index is 5.84. The Hall–Kier alpha value is -1.68. The molecule has 4 nitrogen and oxygen atoms in total. The van der Waals surface area contributed by atoms with Gasteiger partial charge in [-0.1, -0.05) is 17.3 Å². The molecule has 2 N–H and O–H groups in total. The summed E-state index contributed by atoms with van der Waals surface area (Å²) in [5.41, 5.74) is 10.2. The van der Waals surface area contributed by atoms with E-state index in [4.69, 9.17) is 5.73 Å². The van der Waals surface area contributed by atoms with Crippen LogP contribution >= 0.6 is 0 Å². The van der Waals surface area contributed by atoms with Crippen molar-refractivity contribution in [2.24, 2.45) is 5.73 Å². The van der Waals surface area contributed by atoms with Crippen molar-refractivity contribution in [2.45, 2.75) is 32.2 Å². The van der Waals surface area contributed by atoms with E-state index < -0.39 is 0 Å². The van der Waals surface area contributed by atoms with E-state index in [-0.39, 0.29) is 0 Å². The topological polar surface area (TPSA) is 56.7 Å². The molecule has 17 heavy (non-hydrogen) atoms. The molecule has 0 amide bonds. The summed E-state index contributed by atoms with van der Waals surface area (Å²) in [5.74, 6) is 0.590. The third-order valence-electron chi connectivity index (χ3n) is 3.20. The predicted molar refractivity (Wildman–Crippen MR) is 66.0 cm³/mol. The standard InChI is InChI=1S/C13H16N4/c1-9-3-2-4-11(7-9)17-12(8-14)13(15-16-17)10-5-6-10/h2-4,7,10H,5-6,8,14H2,1H3. The molecule has 0 aliphatic heterocycles. The first-order valence-electron chi connectivity index (χ1n) is 6.01. The lowest BCUT2D eigenvalue weighted by molar-refractivity contribution is 0.761. The fourth-order valence-corrected chi connectivity index (χ4v) is 2.15. The molecule has 3 rings (SSSR count). The van der Waals surface area contributed by atoms with Crippen LogP contribution in [0.1, 0.15) is 35.7 Å². The van der Waals surface area contributed by atoms with E-state index in [1.807, 2.05) is 16.8 Å². The number of aryl methyl sites for hydroxylation is 1. The van der Waals surface area contributed by atoms with Crippen LogP contribution in [0.15, 0.2) is 24.3 Å². The van der Waals surface area contributed by atoms with Gasteiger partial charge in [-0.2, -0.15) is 0 Å². The molecule has 0 unspecified atom stereocenters. The average molecular weight is 228 g/mol. The predicted octanol–water partition coefficient (Wildman–Crippen LogP) is 1.91. The van der Waals surface area contributed by atoms with Gasteiger partial charge >= 0.3 is 0 Å². The summed E-state index contributed by atoms with van der Waals surface area (Å²) in [5, 5.41) is 8.53. The molecule has 0 saturated heterocycles. The molecular formula is C13H16N4. The van der Waals surface area contributed by atoms with Gasteiger partial charge in [0.15, 0.2) is 0 Å². The molecule has 2 aromatic rings. The van der Waals surface area contributed by atoms with Crippen LogP contribution in [0.3, 0.4) is 0 Å². The van der Waals surface area contributed by atoms with Gasteiger partial charge in [0.05, 0.1) is 17.1 Å². The molecule has 1 aliphatic rings. The van der Waals surface area contributed by atoms with Gasteiger partial charge in [0.2, 0.25) is 0 Å². The van der Waals surface area contributed by atoms with Crippen LogP contribution in [0.4, 0.5) is 0 Å². The van der Waals surface area contributed by atoms with Gasteiger partial charge in [-0.25, -0.2) is 4.68 Å². The highest BCUT2D eigenvalue weighted by Gasteiger charge is 2.30. The first-order valence-corrected chi connectivity index (χ1v) is 6.01. The number of nitrogens with two attached hydrogens (primary N) is 1. The van der Waals surface area contributed by atoms with Crippen LogP contribution in [0.25, 0.3) is 5.69 Å². The molecule has 1 aromatic heterocycles. The van der Waals surface area contributed by atoms with E-state index in [9.17, 15) is 0 Å². The average Bonchev–Trinajstić information content (AvgIpc) is 3.08. The summed E-state index contributed by atoms with van der Waals surface area (Å²) in [6, 6.07) is 8.25. The minimum absolute atomic E-state index is 0.493. The van der Waals surface area contributed by atoms with Crippen molar-refractivity contribution < 1.29 is 0 Å². The largest absolute Gasteiger partial charge is 0.325 e. The molecule has 4 heteroatoms. The zero-order valence-corrected chi connectivity index (χ0v) is 9.93. The zero-order chi connectivity index (χ0) is 11.8. The molecule has 0 bridgehead atoms. The van der Waals surface area contributed by atoms with Crippen molar-refractivity contribution in [3.05, 3.63) is 41.2 Å². The quantitative estimate of drug-likeness (QED) is 0.873. The van der Waals surface area contributed by atoms with E-state index in [1.165, 1.54) is 18.4 Å². The summed E-state index contributed by atoms with van der Waals surface area (Å²) in [6.45, 7) is 2.57. The second-order valence-corrected chi connectivity index (χ2v) is 4.65. The lowest BCUT2D eigenvalue weighted by Crippen LogP contribution is -2.08. The maximum absolute atomic E-state index is 5.84. The van der Waals surface area contributed by atoms with Gasteiger partial charge < -0.3 is 5.73 Å². The Bertz CT molecular complexity index is 540. The molecule has 0 radical (unpaired) electrons. The minimum Gasteiger partial charge on any atom is -0.325 e. The zero-order valence-electron chi connectivity index (χ0n) is 9.93. The smallest absolute Gasteiger partial charge is 0.0907 e. The van der Waals surface area contributed by atoms with Crippen LogP contribution in [0, 0.1) is 6.92 Å². The highest BCUT2D eigenvalue weighted by Crippen LogP contribution is 2.40. The number of hydrogen-bond donors (Lipinski definition) is 1. The van der Waals surface area contributed by atoms with E-state index in [0.29, 0.717) is 12.5 Å². The van der Waals surface area contributed by atoms with Gasteiger partial charge in [0.1, 0.15) is 0 Å². The molecule has 0 spiro atoms. The Morgan fingerprint density at radius 3 is 2.88 bits per heavy atom. The van der Waals surface area contributed by atoms with Crippen LogP contribution in [0.5, 0.6) is 0 Å². The summed E-state index contributed by atoms with van der Waals surface area (Å²) in [4.78, 5) is 0. The first-order chi connectivity index (χ1) is 8.29. The minimum atomic E-state index is 0.493. The SMILES string of the molecule is Cc1cccc(-n2nnc(C3CC3)c2CN)c1. The molecule has 0 atom stereocenters. The van der Waals surface area contributed by atoms with Crippen molar-refractivity contribution in [3.63, 3.8) is 0 Å². The molecular weight excluding hydrogens is 212 g/mol. The number of aromatic nitrogens is 3. The fraction of sp³-hybridized carbons (Fsp3) is 0.385. The summed E-state index contributed by atoms with van der Waals surface area (Å²) in [7, 11) is 0. The Balaban J connectivity index is 2.08. The number of benzene rings is 1. The van der Waals surface area contributed by atoms with Gasteiger partial charge in [0.25, 0.3) is 0 Å². The Morgan fingerprint density at radius 1 is 1.41 bits per heavy atom. The summed E-state index contributed by atoms with van der Waals surface area (Å²) >= 11 is 0. The Morgan fingerprint density at radius 2 is 2.24 bits per heavy atom. The normalized spacial score (nSPS) is 15.2. The second kappa shape index (κ2) is 3.96. The van der Waals surface area contributed by atoms with Crippen molar-refractivity contribution in [3.8, 4) is 5.69 Å². The van der Waals surface area contributed by atoms with Crippen molar-refractivity contribution >= 4 is 0 Å². The molecule has 1 fully saturated rings. The fourth-order valence-electron chi connectivity index (χ4n) is 2.15. The Labute approximate surface area is 100 Å². The van der Waals surface area contributed by atoms with Gasteiger partial charge in [0, 0.05) is 12.5 Å². The van der Waals surface area contributed by atoms with Crippen LogP contribution in [-0.4, -0.2) is 15.0 Å². The van der Waals surface area contributed by atoms with Gasteiger partial charge in [-0.05, 0) is 37.5 Å². The highest BCUT2D eigenvalue weighted by molar-refractivity contribution is 5.37. The van der Waals surface area contributed by atoms with E-state index >= 15 is 0 Å². The Kier molecular flexibility index (Phi) is 2.44. The van der Waals surface area contributed by atoms with Crippen LogP contribution in [0.2, 0.25) is 0 Å². The van der Waals surface area contributed by atoms with Gasteiger partial charge in [-0.15, -0.1) is 5.10 Å². The molecule has 1 aliphatic carbocycles. The molecule has 1 aromatic carbocycles. The van der Waals surface area contributed by atoms with E-state index in [1.54, 1.807) is 0 Å². The van der Waals surface area contributed by atoms with Crippen molar-refractivity contribution in [1.29, 1.82) is 0 Å². The lowest BCUT2D eigenvalue weighted by Gasteiger charge is -2.06. The molecule has 1 saturated carbocycles. The van der Waals surface area contributed by atoms with Crippen molar-refractivity contribution in [2.75, 3.05) is 0 Å². The number of hydrogen-bond acceptors (Lipinski definition) is 3. The first kappa shape index (κ1) is 10.5. The molecule has 1 heterocycles. The number of rotatable bonds is 3. The lowest BCUT2D eigenvalue weighted by atomic mass is 10.2. The number of nitrogens with zero attached hydrogens (tertiary/aromatic N) is 3. The van der Waals surface area contributed by atoms with E-state index in [2.05, 4.69) is 29.4 Å². The van der Waals surface area contributed by atoms with Gasteiger partial charge in [-0.3, -0.25) is 0 Å². The maximum Gasteiger partial charge on any atom is 0.0907 e. The summed E-state index contributed by atoms with van der Waals surface area (Å²) < 4.78 is 1.88. The third-order valence-corrected chi connectivity index (χ3v) is 3.20. The van der Waals surface area contributed by atoms with Crippen molar-refractivity contribution in [1.82, 2.24) is 15.0 Å². The highest BCUT2D eigenvalue weighted by atomic mass is 15.4. The monoisotopic (exact) mass is 228 g/mol.